The molecular weight excluding hydrogens is 374 g/mol. The summed E-state index contributed by atoms with van der Waals surface area (Å²) in [5.74, 6) is 0.386. The standard InChI is InChI=1S/C19H20ClNO4S/c1-13(20)5-3-2-4-6-15(22)12-25-16-9-7-14(8-10-16)11-17-18(23)21-19(24)26-17/h2-5,7-10,15,17,22H,1,6,11-12H2,(H,21,23,24)/b4-2-,5-3-/t15-,17?/m1/s1. The van der Waals surface area contributed by atoms with E-state index in [1.807, 2.05) is 18.2 Å². The van der Waals surface area contributed by atoms with E-state index in [1.165, 1.54) is 0 Å². The lowest BCUT2D eigenvalue weighted by Crippen LogP contribution is -2.25. The fourth-order valence-electron chi connectivity index (χ4n) is 2.20. The van der Waals surface area contributed by atoms with Crippen LogP contribution in [0.25, 0.3) is 0 Å². The first-order valence-corrected chi connectivity index (χ1v) is 9.28. The molecule has 0 aromatic heterocycles. The summed E-state index contributed by atoms with van der Waals surface area (Å²) in [6.07, 6.45) is 7.33. The van der Waals surface area contributed by atoms with Gasteiger partial charge in [-0.1, -0.05) is 60.3 Å². The van der Waals surface area contributed by atoms with Crippen molar-refractivity contribution < 1.29 is 19.4 Å². The van der Waals surface area contributed by atoms with Gasteiger partial charge in [0, 0.05) is 5.03 Å². The van der Waals surface area contributed by atoms with Crippen LogP contribution < -0.4 is 10.1 Å². The Bertz CT molecular complexity index is 715. The summed E-state index contributed by atoms with van der Waals surface area (Å²) in [7, 11) is 0. The van der Waals surface area contributed by atoms with Crippen LogP contribution in [-0.2, 0) is 11.2 Å². The Morgan fingerprint density at radius 2 is 2.08 bits per heavy atom. The van der Waals surface area contributed by atoms with Crippen molar-refractivity contribution in [1.29, 1.82) is 0 Å². The van der Waals surface area contributed by atoms with Crippen molar-refractivity contribution in [3.05, 3.63) is 65.7 Å². The average molecular weight is 394 g/mol. The van der Waals surface area contributed by atoms with Crippen LogP contribution in [0.2, 0.25) is 0 Å². The second-order valence-electron chi connectivity index (χ2n) is 5.67. The minimum atomic E-state index is -0.622. The number of carbonyl (C=O) groups is 2. The molecule has 1 aromatic carbocycles. The molecule has 0 bridgehead atoms. The van der Waals surface area contributed by atoms with Gasteiger partial charge in [-0.15, -0.1) is 0 Å². The molecule has 1 saturated heterocycles. The van der Waals surface area contributed by atoms with Crippen LogP contribution in [0.1, 0.15) is 12.0 Å². The van der Waals surface area contributed by atoms with E-state index >= 15 is 0 Å². The lowest BCUT2D eigenvalue weighted by Gasteiger charge is -2.11. The van der Waals surface area contributed by atoms with Crippen molar-refractivity contribution in [3.8, 4) is 5.75 Å². The predicted octanol–water partition coefficient (Wildman–Crippen LogP) is 3.58. The third-order valence-corrected chi connectivity index (χ3v) is 4.59. The summed E-state index contributed by atoms with van der Waals surface area (Å²) >= 11 is 6.60. The van der Waals surface area contributed by atoms with Crippen LogP contribution in [0.3, 0.4) is 0 Å². The van der Waals surface area contributed by atoms with Crippen LogP contribution >= 0.6 is 23.4 Å². The first kappa shape index (κ1) is 20.3. The van der Waals surface area contributed by atoms with Crippen molar-refractivity contribution in [2.45, 2.75) is 24.2 Å². The fourth-order valence-corrected chi connectivity index (χ4v) is 3.13. The normalized spacial score (nSPS) is 18.5. The van der Waals surface area contributed by atoms with Gasteiger partial charge in [-0.25, -0.2) is 0 Å². The van der Waals surface area contributed by atoms with Crippen molar-refractivity contribution in [1.82, 2.24) is 5.32 Å². The number of imide groups is 1. The third-order valence-electron chi connectivity index (χ3n) is 3.49. The Morgan fingerprint density at radius 1 is 1.35 bits per heavy atom. The van der Waals surface area contributed by atoms with Gasteiger partial charge >= 0.3 is 0 Å². The van der Waals surface area contributed by atoms with E-state index in [4.69, 9.17) is 16.3 Å². The summed E-state index contributed by atoms with van der Waals surface area (Å²) in [5.41, 5.74) is 0.941. The average Bonchev–Trinajstić information content (AvgIpc) is 2.91. The molecule has 5 nitrogen and oxygen atoms in total. The molecule has 0 aliphatic carbocycles. The maximum absolute atomic E-state index is 11.6. The molecule has 1 fully saturated rings. The number of halogens is 1. The number of hydrogen-bond donors (Lipinski definition) is 2. The fraction of sp³-hybridized carbons (Fsp3) is 0.263. The van der Waals surface area contributed by atoms with Gasteiger partial charge in [-0.3, -0.25) is 14.9 Å². The Morgan fingerprint density at radius 3 is 2.69 bits per heavy atom. The summed E-state index contributed by atoms with van der Waals surface area (Å²) in [5, 5.41) is 11.9. The van der Waals surface area contributed by atoms with Crippen molar-refractivity contribution >= 4 is 34.5 Å². The van der Waals surface area contributed by atoms with Crippen LogP contribution in [0.4, 0.5) is 4.79 Å². The smallest absolute Gasteiger partial charge is 0.286 e. The van der Waals surface area contributed by atoms with E-state index in [-0.39, 0.29) is 23.0 Å². The number of rotatable bonds is 9. The Balaban J connectivity index is 1.74. The number of allylic oxidation sites excluding steroid dienone is 4. The van der Waals surface area contributed by atoms with Gasteiger partial charge in [0.25, 0.3) is 5.24 Å². The molecule has 26 heavy (non-hydrogen) atoms. The molecule has 1 unspecified atom stereocenters. The van der Waals surface area contributed by atoms with Crippen molar-refractivity contribution in [2.24, 2.45) is 0 Å². The monoisotopic (exact) mass is 393 g/mol. The highest BCUT2D eigenvalue weighted by Gasteiger charge is 2.31. The summed E-state index contributed by atoms with van der Waals surface area (Å²) in [6, 6.07) is 7.27. The number of nitrogens with one attached hydrogen (secondary N) is 1. The van der Waals surface area contributed by atoms with E-state index in [2.05, 4.69) is 11.9 Å². The maximum Gasteiger partial charge on any atom is 0.286 e. The molecule has 7 heteroatoms. The van der Waals surface area contributed by atoms with Gasteiger partial charge in [0.15, 0.2) is 0 Å². The lowest BCUT2D eigenvalue weighted by atomic mass is 10.1. The molecule has 0 saturated carbocycles. The minimum absolute atomic E-state index is 0.172. The second kappa shape index (κ2) is 10.2. The molecule has 1 heterocycles. The number of ether oxygens (including phenoxy) is 1. The molecule has 1 aliphatic rings. The summed E-state index contributed by atoms with van der Waals surface area (Å²) in [6.45, 7) is 3.70. The molecule has 138 valence electrons. The highest BCUT2D eigenvalue weighted by atomic mass is 35.5. The number of thioether (sulfide) groups is 1. The van der Waals surface area contributed by atoms with E-state index in [1.54, 1.807) is 30.4 Å². The first-order valence-electron chi connectivity index (χ1n) is 8.03. The van der Waals surface area contributed by atoms with Crippen LogP contribution in [0.15, 0.2) is 60.2 Å². The van der Waals surface area contributed by atoms with Gasteiger partial charge in [0.05, 0.1) is 11.4 Å². The van der Waals surface area contributed by atoms with Gasteiger partial charge in [0.2, 0.25) is 5.91 Å². The molecule has 2 amide bonds. The molecule has 0 radical (unpaired) electrons. The Hall–Kier alpha value is -2.02. The highest BCUT2D eigenvalue weighted by molar-refractivity contribution is 8.15. The Labute approximate surface area is 161 Å². The number of aliphatic hydroxyl groups is 1. The molecule has 2 rings (SSSR count). The number of benzene rings is 1. The van der Waals surface area contributed by atoms with E-state index in [9.17, 15) is 14.7 Å². The minimum Gasteiger partial charge on any atom is -0.491 e. The third kappa shape index (κ3) is 7.07. The molecule has 2 atom stereocenters. The number of amides is 2. The molecule has 1 aliphatic heterocycles. The quantitative estimate of drug-likeness (QED) is 0.627. The van der Waals surface area contributed by atoms with Crippen LogP contribution in [0, 0.1) is 0 Å². The number of aliphatic hydroxyl groups excluding tert-OH is 1. The maximum atomic E-state index is 11.6. The zero-order chi connectivity index (χ0) is 18.9. The van der Waals surface area contributed by atoms with E-state index < -0.39 is 6.10 Å². The van der Waals surface area contributed by atoms with Gasteiger partial charge in [-0.05, 0) is 36.6 Å². The Kier molecular flexibility index (Phi) is 7.97. The predicted molar refractivity (Wildman–Crippen MR) is 104 cm³/mol. The molecule has 0 spiro atoms. The molecule has 2 N–H and O–H groups in total. The van der Waals surface area contributed by atoms with Crippen molar-refractivity contribution in [3.63, 3.8) is 0 Å². The molecular formula is C19H20ClNO4S. The second-order valence-corrected chi connectivity index (χ2v) is 7.33. The summed E-state index contributed by atoms with van der Waals surface area (Å²) in [4.78, 5) is 22.7. The van der Waals surface area contributed by atoms with Gasteiger partial charge in [0.1, 0.15) is 12.4 Å². The zero-order valence-electron chi connectivity index (χ0n) is 14.1. The number of carbonyl (C=O) groups excluding carboxylic acids is 2. The molecule has 1 aromatic rings. The van der Waals surface area contributed by atoms with E-state index in [0.717, 1.165) is 17.3 Å². The summed E-state index contributed by atoms with van der Waals surface area (Å²) < 4.78 is 5.55. The van der Waals surface area contributed by atoms with Gasteiger partial charge < -0.3 is 9.84 Å². The topological polar surface area (TPSA) is 75.6 Å². The highest BCUT2D eigenvalue weighted by Crippen LogP contribution is 2.23. The van der Waals surface area contributed by atoms with E-state index in [0.29, 0.717) is 23.6 Å². The zero-order valence-corrected chi connectivity index (χ0v) is 15.6. The SMILES string of the molecule is C=C(Cl)/C=C\C=C/C[C@@H](O)COc1ccc(CC2SC(=O)NC2=O)cc1. The largest absolute Gasteiger partial charge is 0.491 e. The van der Waals surface area contributed by atoms with Crippen molar-refractivity contribution in [2.75, 3.05) is 6.61 Å². The van der Waals surface area contributed by atoms with Crippen LogP contribution in [0.5, 0.6) is 5.75 Å². The lowest BCUT2D eigenvalue weighted by molar-refractivity contribution is -0.118. The first-order chi connectivity index (χ1) is 12.4. The van der Waals surface area contributed by atoms with Crippen LogP contribution in [-0.4, -0.2) is 34.2 Å². The van der Waals surface area contributed by atoms with Gasteiger partial charge in [-0.2, -0.15) is 0 Å². The number of hydrogen-bond acceptors (Lipinski definition) is 5.